The topological polar surface area (TPSA) is 49.1 Å². The van der Waals surface area contributed by atoms with Gasteiger partial charge in [0.1, 0.15) is 11.7 Å². The zero-order chi connectivity index (χ0) is 32.7. The third kappa shape index (κ3) is 5.76. The van der Waals surface area contributed by atoms with Gasteiger partial charge >= 0.3 is 0 Å². The van der Waals surface area contributed by atoms with Crippen LogP contribution in [0.15, 0.2) is 148 Å². The first-order valence-corrected chi connectivity index (χ1v) is 17.8. The Morgan fingerprint density at radius 2 is 1.57 bits per heavy atom. The molecule has 0 radical (unpaired) electrons. The second kappa shape index (κ2) is 12.6. The van der Waals surface area contributed by atoms with Gasteiger partial charge in [0.2, 0.25) is 0 Å². The Labute approximate surface area is 289 Å². The minimum Gasteiger partial charge on any atom is -0.325 e. The molecule has 0 spiro atoms. The molecule has 0 bridgehead atoms. The highest BCUT2D eigenvalue weighted by atomic mass is 15.2. The van der Waals surface area contributed by atoms with Gasteiger partial charge in [-0.2, -0.15) is 0 Å². The van der Waals surface area contributed by atoms with Crippen LogP contribution in [-0.2, 0) is 6.42 Å². The predicted molar refractivity (Wildman–Crippen MR) is 205 cm³/mol. The molecule has 4 heteroatoms. The van der Waals surface area contributed by atoms with Crippen molar-refractivity contribution < 1.29 is 0 Å². The molecule has 3 aromatic carbocycles. The second-order valence-corrected chi connectivity index (χ2v) is 13.9. The molecule has 4 atom stereocenters. The number of aliphatic imine (C=N–C) groups is 3. The smallest absolute Gasteiger partial charge is 0.169 e. The van der Waals surface area contributed by atoms with Crippen LogP contribution < -0.4 is 5.32 Å². The first-order chi connectivity index (χ1) is 24.2. The summed E-state index contributed by atoms with van der Waals surface area (Å²) in [6, 6.07) is 24.1. The minimum atomic E-state index is -0.318. The van der Waals surface area contributed by atoms with Crippen molar-refractivity contribution in [1.29, 1.82) is 0 Å². The highest BCUT2D eigenvalue weighted by molar-refractivity contribution is 6.16. The molecular formula is C45H40N4. The molecule has 1 N–H and O–H groups in total. The summed E-state index contributed by atoms with van der Waals surface area (Å²) in [4.78, 5) is 15.8. The Hall–Kier alpha value is -5.35. The number of nitrogens with one attached hydrogen (secondary N) is 1. The van der Waals surface area contributed by atoms with E-state index < -0.39 is 0 Å². The third-order valence-electron chi connectivity index (χ3n) is 10.7. The van der Waals surface area contributed by atoms with E-state index in [-0.39, 0.29) is 12.1 Å². The first kappa shape index (κ1) is 29.8. The maximum absolute atomic E-state index is 5.30. The normalized spacial score (nSPS) is 25.0. The van der Waals surface area contributed by atoms with Crippen LogP contribution >= 0.6 is 0 Å². The highest BCUT2D eigenvalue weighted by Crippen LogP contribution is 2.38. The quantitative estimate of drug-likeness (QED) is 0.298. The molecule has 0 amide bonds. The Morgan fingerprint density at radius 1 is 0.735 bits per heavy atom. The van der Waals surface area contributed by atoms with E-state index in [0.29, 0.717) is 11.8 Å². The molecule has 0 fully saturated rings. The lowest BCUT2D eigenvalue weighted by atomic mass is 9.77. The zero-order valence-corrected chi connectivity index (χ0v) is 27.9. The zero-order valence-electron chi connectivity index (χ0n) is 27.9. The van der Waals surface area contributed by atoms with E-state index in [0.717, 1.165) is 66.2 Å². The van der Waals surface area contributed by atoms with E-state index >= 15 is 0 Å². The summed E-state index contributed by atoms with van der Waals surface area (Å²) in [5.74, 6) is 2.88. The van der Waals surface area contributed by atoms with Crippen molar-refractivity contribution >= 4 is 35.2 Å². The van der Waals surface area contributed by atoms with Crippen LogP contribution in [-0.4, -0.2) is 17.4 Å². The van der Waals surface area contributed by atoms with Crippen LogP contribution in [0.1, 0.15) is 83.6 Å². The van der Waals surface area contributed by atoms with Crippen molar-refractivity contribution in [2.24, 2.45) is 26.8 Å². The van der Waals surface area contributed by atoms with Crippen molar-refractivity contribution in [3.63, 3.8) is 0 Å². The first-order valence-electron chi connectivity index (χ1n) is 17.8. The summed E-state index contributed by atoms with van der Waals surface area (Å²) < 4.78 is 0. The lowest BCUT2D eigenvalue weighted by Crippen LogP contribution is -2.37. The monoisotopic (exact) mass is 636 g/mol. The van der Waals surface area contributed by atoms with Gasteiger partial charge in [0.15, 0.2) is 6.17 Å². The van der Waals surface area contributed by atoms with E-state index in [1.54, 1.807) is 0 Å². The number of benzene rings is 3. The molecule has 2 heterocycles. The van der Waals surface area contributed by atoms with Crippen LogP contribution in [0.5, 0.6) is 0 Å². The van der Waals surface area contributed by atoms with Gasteiger partial charge in [-0.1, -0.05) is 128 Å². The molecule has 49 heavy (non-hydrogen) atoms. The van der Waals surface area contributed by atoms with E-state index in [1.807, 2.05) is 0 Å². The van der Waals surface area contributed by atoms with Crippen LogP contribution in [0, 0.1) is 11.8 Å². The third-order valence-corrected chi connectivity index (χ3v) is 10.7. The Morgan fingerprint density at radius 3 is 2.47 bits per heavy atom. The van der Waals surface area contributed by atoms with Gasteiger partial charge in [-0.05, 0) is 94.7 Å². The van der Waals surface area contributed by atoms with Gasteiger partial charge in [0, 0.05) is 17.4 Å². The average molecular weight is 637 g/mol. The summed E-state index contributed by atoms with van der Waals surface area (Å²) in [5, 5.41) is 3.69. The predicted octanol–water partition coefficient (Wildman–Crippen LogP) is 10.1. The number of fused-ring (bicyclic) bond motifs is 3. The molecule has 0 saturated heterocycles. The maximum atomic E-state index is 5.30. The van der Waals surface area contributed by atoms with Crippen LogP contribution in [0.3, 0.4) is 0 Å². The van der Waals surface area contributed by atoms with Crippen molar-refractivity contribution in [1.82, 2.24) is 5.32 Å². The Balaban J connectivity index is 1.07. The molecule has 4 nitrogen and oxygen atoms in total. The fourth-order valence-corrected chi connectivity index (χ4v) is 7.94. The minimum absolute atomic E-state index is 0.255. The van der Waals surface area contributed by atoms with E-state index in [2.05, 4.69) is 146 Å². The standard InChI is InChI=1S/C45H40N4/c1-29-10-9-16-35-27-38(24-25-39(29)35)45-48-43(47-44(49-45)37-23-18-30-11-5-6-14-34(30)26-37)33-21-19-32(20-22-33)42-40-17-8-7-15-36(40)28-41(46-42)31-12-3-2-4-13-31/h2-4,6-9,12-19,21,23-29,36,40,45H,5,10-11,20,22H2,1H3,(H,47,48,49). The van der Waals surface area contributed by atoms with Crippen molar-refractivity contribution in [3.8, 4) is 0 Å². The van der Waals surface area contributed by atoms with Gasteiger partial charge in [-0.3, -0.25) is 4.99 Å². The van der Waals surface area contributed by atoms with E-state index in [1.165, 1.54) is 39.1 Å². The SMILES string of the molecule is CC1CC=Cc2cc(C3N=C(C4=CC=C(C5=NC(c6ccccc6)=CC6C=CC=CC56)CC4)NC(c4ccc5c(c4)C=CCC5)=N3)ccc21. The Kier molecular flexibility index (Phi) is 7.65. The molecule has 3 aromatic rings. The number of rotatable bonds is 5. The second-order valence-electron chi connectivity index (χ2n) is 13.9. The van der Waals surface area contributed by atoms with Gasteiger partial charge in [-0.25, -0.2) is 9.98 Å². The van der Waals surface area contributed by atoms with E-state index in [4.69, 9.17) is 15.0 Å². The van der Waals surface area contributed by atoms with Gasteiger partial charge in [0.05, 0.1) is 11.4 Å². The van der Waals surface area contributed by atoms with Gasteiger partial charge < -0.3 is 5.32 Å². The number of hydrogen-bond donors (Lipinski definition) is 1. The van der Waals surface area contributed by atoms with Gasteiger partial charge in [-0.15, -0.1) is 0 Å². The average Bonchev–Trinajstić information content (AvgIpc) is 3.17. The van der Waals surface area contributed by atoms with Crippen molar-refractivity contribution in [2.75, 3.05) is 0 Å². The van der Waals surface area contributed by atoms with Gasteiger partial charge in [0.25, 0.3) is 0 Å². The van der Waals surface area contributed by atoms with E-state index in [9.17, 15) is 0 Å². The lowest BCUT2D eigenvalue weighted by molar-refractivity contribution is 0.689. The molecule has 2 aliphatic heterocycles. The Bertz CT molecular complexity index is 2150. The number of hydrogen-bond acceptors (Lipinski definition) is 4. The summed E-state index contributed by atoms with van der Waals surface area (Å²) in [5.41, 5.74) is 13.5. The summed E-state index contributed by atoms with van der Waals surface area (Å²) in [6.45, 7) is 2.31. The lowest BCUT2D eigenvalue weighted by Gasteiger charge is -2.31. The molecule has 4 aliphatic carbocycles. The number of amidine groups is 2. The highest BCUT2D eigenvalue weighted by Gasteiger charge is 2.31. The van der Waals surface area contributed by atoms with Crippen LogP contribution in [0.25, 0.3) is 17.8 Å². The largest absolute Gasteiger partial charge is 0.325 e. The molecule has 0 aromatic heterocycles. The molecule has 240 valence electrons. The fourth-order valence-electron chi connectivity index (χ4n) is 7.94. The molecule has 4 unspecified atom stereocenters. The fraction of sp³-hybridized carbons (Fsp3) is 0.222. The van der Waals surface area contributed by atoms with Crippen molar-refractivity contribution in [2.45, 2.75) is 51.1 Å². The van der Waals surface area contributed by atoms with Crippen LogP contribution in [0.2, 0.25) is 0 Å². The van der Waals surface area contributed by atoms with Crippen LogP contribution in [0.4, 0.5) is 0 Å². The summed E-state index contributed by atoms with van der Waals surface area (Å²) >= 11 is 0. The molecular weight excluding hydrogens is 597 g/mol. The molecule has 6 aliphatic rings. The van der Waals surface area contributed by atoms with Crippen molar-refractivity contribution in [3.05, 3.63) is 172 Å². The molecule has 0 saturated carbocycles. The number of nitrogens with zero attached hydrogens (tertiary/aromatic N) is 3. The number of allylic oxidation sites excluding steroid dienone is 10. The summed E-state index contributed by atoms with van der Waals surface area (Å²) in [7, 11) is 0. The summed E-state index contributed by atoms with van der Waals surface area (Å²) in [6.07, 6.45) is 29.6. The number of aryl methyl sites for hydroxylation is 1. The molecule has 9 rings (SSSR count). The maximum Gasteiger partial charge on any atom is 0.169 e.